The molecular formula is C6H8NO3. The number of carbonyl (C=O) groups is 1. The predicted molar refractivity (Wildman–Crippen MR) is 33.1 cm³/mol. The summed E-state index contributed by atoms with van der Waals surface area (Å²) in [4.78, 5) is 21.9. The van der Waals surface area contributed by atoms with E-state index >= 15 is 0 Å². The predicted octanol–water partition coefficient (Wildman–Crippen LogP) is -1.05. The average Bonchev–Trinajstić information content (AvgIpc) is 2.05. The van der Waals surface area contributed by atoms with Gasteiger partial charge in [0.25, 0.3) is 12.2 Å². The second kappa shape index (κ2) is 3.31. The lowest BCUT2D eigenvalue weighted by atomic mass is 10.4. The molecule has 0 aromatic heterocycles. The molecule has 1 radical (unpaired) electrons. The van der Waals surface area contributed by atoms with E-state index in [0.29, 0.717) is 26.3 Å². The molecule has 0 aromatic rings. The minimum Gasteiger partial charge on any atom is -0.378 e. The van der Waals surface area contributed by atoms with Crippen molar-refractivity contribution in [1.29, 1.82) is 0 Å². The fourth-order valence-electron chi connectivity index (χ4n) is 0.831. The van der Waals surface area contributed by atoms with Crippen LogP contribution in [0.5, 0.6) is 0 Å². The monoisotopic (exact) mass is 142 g/mol. The molecule has 0 N–H and O–H groups in total. The lowest BCUT2D eigenvalue weighted by Gasteiger charge is -2.24. The van der Waals surface area contributed by atoms with Crippen molar-refractivity contribution in [3.8, 4) is 0 Å². The maximum atomic E-state index is 10.6. The SMILES string of the molecule is O=[C]C(=O)N1CCOCC1. The summed E-state index contributed by atoms with van der Waals surface area (Å²) in [6.07, 6.45) is 1.32. The van der Waals surface area contributed by atoms with Gasteiger partial charge >= 0.3 is 0 Å². The van der Waals surface area contributed by atoms with Crippen LogP contribution in [0.25, 0.3) is 0 Å². The lowest BCUT2D eigenvalue weighted by molar-refractivity contribution is -0.128. The number of amides is 1. The molecule has 0 aliphatic carbocycles. The molecule has 4 nitrogen and oxygen atoms in total. The molecule has 1 aliphatic rings. The van der Waals surface area contributed by atoms with E-state index < -0.39 is 5.91 Å². The smallest absolute Gasteiger partial charge is 0.298 e. The number of morpholine rings is 1. The van der Waals surface area contributed by atoms with Gasteiger partial charge in [-0.15, -0.1) is 0 Å². The Morgan fingerprint density at radius 1 is 1.40 bits per heavy atom. The van der Waals surface area contributed by atoms with Gasteiger partial charge in [0, 0.05) is 13.1 Å². The maximum absolute atomic E-state index is 10.6. The zero-order valence-electron chi connectivity index (χ0n) is 5.50. The summed E-state index contributed by atoms with van der Waals surface area (Å²) in [6, 6.07) is 0. The minimum atomic E-state index is -0.566. The Hall–Kier alpha value is -0.900. The van der Waals surface area contributed by atoms with E-state index in [1.807, 2.05) is 0 Å². The molecule has 1 heterocycles. The van der Waals surface area contributed by atoms with Gasteiger partial charge in [-0.1, -0.05) is 0 Å². The lowest BCUT2D eigenvalue weighted by Crippen LogP contribution is -2.41. The fourth-order valence-corrected chi connectivity index (χ4v) is 0.831. The van der Waals surface area contributed by atoms with Crippen LogP contribution in [0.2, 0.25) is 0 Å². The molecule has 0 unspecified atom stereocenters. The van der Waals surface area contributed by atoms with Crippen molar-refractivity contribution in [2.45, 2.75) is 0 Å². The normalized spacial score (nSPS) is 18.6. The summed E-state index contributed by atoms with van der Waals surface area (Å²) in [5.74, 6) is -0.566. The van der Waals surface area contributed by atoms with Gasteiger partial charge in [0.2, 0.25) is 0 Å². The molecule has 1 rings (SSSR count). The minimum absolute atomic E-state index is 0.508. The number of hydrogen-bond donors (Lipinski definition) is 0. The highest BCUT2D eigenvalue weighted by Gasteiger charge is 2.15. The van der Waals surface area contributed by atoms with Crippen LogP contribution in [0.1, 0.15) is 0 Å². The molecule has 1 fully saturated rings. The molecular weight excluding hydrogens is 134 g/mol. The topological polar surface area (TPSA) is 46.6 Å². The molecule has 1 amide bonds. The average molecular weight is 142 g/mol. The summed E-state index contributed by atoms with van der Waals surface area (Å²) < 4.78 is 4.97. The van der Waals surface area contributed by atoms with Crippen molar-refractivity contribution in [3.63, 3.8) is 0 Å². The quantitative estimate of drug-likeness (QED) is 0.439. The number of nitrogens with zero attached hydrogens (tertiary/aromatic N) is 1. The van der Waals surface area contributed by atoms with Crippen LogP contribution in [0.3, 0.4) is 0 Å². The van der Waals surface area contributed by atoms with Crippen molar-refractivity contribution in [2.24, 2.45) is 0 Å². The third kappa shape index (κ3) is 1.54. The highest BCUT2D eigenvalue weighted by Crippen LogP contribution is 1.94. The Labute approximate surface area is 58.8 Å². The van der Waals surface area contributed by atoms with Gasteiger partial charge in [0.15, 0.2) is 0 Å². The number of rotatable bonds is 1. The third-order valence-corrected chi connectivity index (χ3v) is 1.39. The van der Waals surface area contributed by atoms with Gasteiger partial charge < -0.3 is 9.64 Å². The molecule has 4 heteroatoms. The first-order valence-corrected chi connectivity index (χ1v) is 3.09. The molecule has 0 atom stereocenters. The Bertz CT molecular complexity index is 140. The molecule has 10 heavy (non-hydrogen) atoms. The van der Waals surface area contributed by atoms with Gasteiger partial charge in [0.1, 0.15) is 0 Å². The molecule has 0 spiro atoms. The summed E-state index contributed by atoms with van der Waals surface area (Å²) in [5.41, 5.74) is 0. The Balaban J connectivity index is 2.38. The van der Waals surface area contributed by atoms with Crippen LogP contribution >= 0.6 is 0 Å². The summed E-state index contributed by atoms with van der Waals surface area (Å²) >= 11 is 0. The van der Waals surface area contributed by atoms with Crippen LogP contribution < -0.4 is 0 Å². The Morgan fingerprint density at radius 2 is 2.00 bits per heavy atom. The third-order valence-electron chi connectivity index (χ3n) is 1.39. The van der Waals surface area contributed by atoms with Crippen LogP contribution in [0, 0.1) is 0 Å². The van der Waals surface area contributed by atoms with Gasteiger partial charge in [-0.25, -0.2) is 0 Å². The first kappa shape index (κ1) is 7.21. The van der Waals surface area contributed by atoms with E-state index in [-0.39, 0.29) is 0 Å². The van der Waals surface area contributed by atoms with Crippen molar-refractivity contribution in [1.82, 2.24) is 4.90 Å². The van der Waals surface area contributed by atoms with Crippen LogP contribution in [0.15, 0.2) is 0 Å². The molecule has 55 valence electrons. The zero-order chi connectivity index (χ0) is 7.40. The Morgan fingerprint density at radius 3 is 2.50 bits per heavy atom. The second-order valence-corrected chi connectivity index (χ2v) is 2.01. The van der Waals surface area contributed by atoms with E-state index in [2.05, 4.69) is 0 Å². The summed E-state index contributed by atoms with van der Waals surface area (Å²) in [5, 5.41) is 0. The standard InChI is InChI=1S/C6H8NO3/c8-5-6(9)7-1-3-10-4-2-7/h1-4H2. The summed E-state index contributed by atoms with van der Waals surface area (Å²) in [7, 11) is 0. The molecule has 0 bridgehead atoms. The highest BCUT2D eigenvalue weighted by molar-refractivity contribution is 6.23. The van der Waals surface area contributed by atoms with Gasteiger partial charge in [0.05, 0.1) is 13.2 Å². The highest BCUT2D eigenvalue weighted by atomic mass is 16.5. The maximum Gasteiger partial charge on any atom is 0.298 e. The van der Waals surface area contributed by atoms with Crippen molar-refractivity contribution >= 4 is 12.2 Å². The van der Waals surface area contributed by atoms with E-state index in [1.165, 1.54) is 11.2 Å². The first-order valence-electron chi connectivity index (χ1n) is 3.09. The van der Waals surface area contributed by atoms with Crippen molar-refractivity contribution < 1.29 is 14.3 Å². The van der Waals surface area contributed by atoms with E-state index in [0.717, 1.165) is 0 Å². The van der Waals surface area contributed by atoms with Gasteiger partial charge in [-0.2, -0.15) is 0 Å². The number of ether oxygens (including phenoxy) is 1. The Kier molecular flexibility index (Phi) is 2.39. The zero-order valence-corrected chi connectivity index (χ0v) is 5.50. The largest absolute Gasteiger partial charge is 0.378 e. The van der Waals surface area contributed by atoms with E-state index in [1.54, 1.807) is 0 Å². The second-order valence-electron chi connectivity index (χ2n) is 2.01. The van der Waals surface area contributed by atoms with Gasteiger partial charge in [-0.3, -0.25) is 9.59 Å². The first-order chi connectivity index (χ1) is 4.84. The van der Waals surface area contributed by atoms with Crippen LogP contribution in [0.4, 0.5) is 0 Å². The van der Waals surface area contributed by atoms with E-state index in [4.69, 9.17) is 4.74 Å². The molecule has 1 aliphatic heterocycles. The molecule has 0 saturated carbocycles. The van der Waals surface area contributed by atoms with Crippen LogP contribution in [-0.2, 0) is 14.3 Å². The molecule has 1 saturated heterocycles. The van der Waals surface area contributed by atoms with E-state index in [9.17, 15) is 9.59 Å². The van der Waals surface area contributed by atoms with Crippen LogP contribution in [-0.4, -0.2) is 43.4 Å². The van der Waals surface area contributed by atoms with Crippen molar-refractivity contribution in [2.75, 3.05) is 26.3 Å². The van der Waals surface area contributed by atoms with Gasteiger partial charge in [-0.05, 0) is 0 Å². The summed E-state index contributed by atoms with van der Waals surface area (Å²) in [6.45, 7) is 2.06. The van der Waals surface area contributed by atoms with Crippen molar-refractivity contribution in [3.05, 3.63) is 0 Å². The fraction of sp³-hybridized carbons (Fsp3) is 0.667. The molecule has 0 aromatic carbocycles. The number of hydrogen-bond acceptors (Lipinski definition) is 3. The number of carbonyl (C=O) groups excluding carboxylic acids is 2.